The predicted octanol–water partition coefficient (Wildman–Crippen LogP) is 2.51. The fourth-order valence-electron chi connectivity index (χ4n) is 3.85. The summed E-state index contributed by atoms with van der Waals surface area (Å²) < 4.78 is 34.5. The zero-order chi connectivity index (χ0) is 20.8. The summed E-state index contributed by atoms with van der Waals surface area (Å²) in [7, 11) is 3.33. The fourth-order valence-corrected chi connectivity index (χ4v) is 3.85. The highest BCUT2D eigenvalue weighted by Gasteiger charge is 2.22. The van der Waals surface area contributed by atoms with E-state index >= 15 is 0 Å². The molecule has 1 aliphatic rings. The Morgan fingerprint density at radius 3 is 2.79 bits per heavy atom. The molecular formula is C22H27F2N2O3+. The van der Waals surface area contributed by atoms with E-state index in [1.165, 1.54) is 24.3 Å². The van der Waals surface area contributed by atoms with E-state index in [4.69, 9.17) is 4.74 Å². The molecule has 0 saturated heterocycles. The summed E-state index contributed by atoms with van der Waals surface area (Å²) in [6.45, 7) is -2.03. The minimum atomic E-state index is -2.91. The van der Waals surface area contributed by atoms with Crippen LogP contribution in [-0.2, 0) is 17.8 Å². The quantitative estimate of drug-likeness (QED) is 0.710. The van der Waals surface area contributed by atoms with Gasteiger partial charge >= 0.3 is 6.61 Å². The summed E-state index contributed by atoms with van der Waals surface area (Å²) in [5, 5.41) is 3.16. The van der Waals surface area contributed by atoms with Gasteiger partial charge in [-0.15, -0.1) is 0 Å². The maximum Gasteiger partial charge on any atom is 0.387 e. The van der Waals surface area contributed by atoms with Crippen molar-refractivity contribution >= 4 is 5.91 Å². The molecule has 0 aliphatic heterocycles. The summed E-state index contributed by atoms with van der Waals surface area (Å²) in [5.41, 5.74) is 3.39. The molecule has 0 saturated carbocycles. The lowest BCUT2D eigenvalue weighted by molar-refractivity contribution is -0.885. The van der Waals surface area contributed by atoms with Gasteiger partial charge in [-0.3, -0.25) is 4.79 Å². The van der Waals surface area contributed by atoms with E-state index in [9.17, 15) is 13.6 Å². The number of likely N-dealkylation sites (N-methyl/N-ethyl adjacent to an activating group) is 1. The Labute approximate surface area is 169 Å². The van der Waals surface area contributed by atoms with Gasteiger partial charge in [-0.2, -0.15) is 8.78 Å². The fraction of sp³-hybridized carbons (Fsp3) is 0.409. The van der Waals surface area contributed by atoms with Gasteiger partial charge in [-0.1, -0.05) is 24.3 Å². The van der Waals surface area contributed by atoms with Crippen LogP contribution in [0.5, 0.6) is 11.5 Å². The first kappa shape index (κ1) is 21.0. The van der Waals surface area contributed by atoms with Gasteiger partial charge in [-0.05, 0) is 48.6 Å². The van der Waals surface area contributed by atoms with Crippen molar-refractivity contribution in [1.29, 1.82) is 0 Å². The molecule has 2 atom stereocenters. The topological polar surface area (TPSA) is 52.0 Å². The highest BCUT2D eigenvalue weighted by molar-refractivity contribution is 5.77. The van der Waals surface area contributed by atoms with Crippen molar-refractivity contribution in [2.75, 3.05) is 20.7 Å². The molecule has 0 heterocycles. The lowest BCUT2D eigenvalue weighted by Crippen LogP contribution is -3.08. The SMILES string of the molecule is COc1cc(C[NH+](C)CC(=O)N[C@@H]2CCCc3ccccc32)ccc1OC(F)F. The number of nitrogens with one attached hydrogen (secondary N) is 2. The van der Waals surface area contributed by atoms with Crippen LogP contribution in [0.1, 0.15) is 35.6 Å². The van der Waals surface area contributed by atoms with E-state index < -0.39 is 6.61 Å². The van der Waals surface area contributed by atoms with Gasteiger partial charge in [0.2, 0.25) is 0 Å². The van der Waals surface area contributed by atoms with Crippen LogP contribution in [0, 0.1) is 0 Å². The standard InChI is InChI=1S/C22H26F2N2O3/c1-26(13-15-10-11-19(29-22(23)24)20(12-15)28-2)14-21(27)25-18-9-5-7-16-6-3-4-8-17(16)18/h3-4,6,8,10-12,18,22H,5,7,9,13-14H2,1-2H3,(H,25,27)/p+1/t18-/m1/s1. The van der Waals surface area contributed by atoms with Crippen molar-refractivity contribution in [3.8, 4) is 11.5 Å². The van der Waals surface area contributed by atoms with Gasteiger partial charge in [0, 0.05) is 5.56 Å². The van der Waals surface area contributed by atoms with E-state index in [-0.39, 0.29) is 23.4 Å². The molecule has 156 valence electrons. The molecule has 2 N–H and O–H groups in total. The van der Waals surface area contributed by atoms with Crippen LogP contribution in [0.3, 0.4) is 0 Å². The Hall–Kier alpha value is -2.67. The zero-order valence-electron chi connectivity index (χ0n) is 16.7. The Morgan fingerprint density at radius 1 is 1.24 bits per heavy atom. The summed E-state index contributed by atoms with van der Waals surface area (Å²) in [4.78, 5) is 13.5. The van der Waals surface area contributed by atoms with Crippen LogP contribution in [0.4, 0.5) is 8.78 Å². The van der Waals surface area contributed by atoms with E-state index in [0.29, 0.717) is 13.1 Å². The molecule has 3 rings (SSSR count). The normalized spacial score (nSPS) is 16.8. The number of amides is 1. The third-order valence-electron chi connectivity index (χ3n) is 5.12. The number of fused-ring (bicyclic) bond motifs is 1. The number of carbonyl (C=O) groups is 1. The largest absolute Gasteiger partial charge is 0.493 e. The third kappa shape index (κ3) is 5.67. The molecule has 0 aromatic heterocycles. The average molecular weight is 405 g/mol. The van der Waals surface area contributed by atoms with Crippen molar-refractivity contribution in [3.05, 3.63) is 59.2 Å². The zero-order valence-corrected chi connectivity index (χ0v) is 16.7. The van der Waals surface area contributed by atoms with Crippen molar-refractivity contribution in [2.24, 2.45) is 0 Å². The van der Waals surface area contributed by atoms with Gasteiger partial charge in [-0.25, -0.2) is 0 Å². The van der Waals surface area contributed by atoms with Gasteiger partial charge < -0.3 is 19.7 Å². The maximum absolute atomic E-state index is 12.6. The van der Waals surface area contributed by atoms with Crippen molar-refractivity contribution in [3.63, 3.8) is 0 Å². The van der Waals surface area contributed by atoms with E-state index in [0.717, 1.165) is 29.7 Å². The van der Waals surface area contributed by atoms with E-state index in [1.807, 2.05) is 19.2 Å². The molecule has 0 radical (unpaired) electrons. The van der Waals surface area contributed by atoms with Crippen LogP contribution in [-0.4, -0.2) is 33.2 Å². The number of benzene rings is 2. The minimum Gasteiger partial charge on any atom is -0.493 e. The van der Waals surface area contributed by atoms with Gasteiger partial charge in [0.05, 0.1) is 20.2 Å². The molecular weight excluding hydrogens is 378 g/mol. The average Bonchev–Trinajstić information content (AvgIpc) is 2.69. The van der Waals surface area contributed by atoms with E-state index in [1.54, 1.807) is 12.1 Å². The molecule has 5 nitrogen and oxygen atoms in total. The van der Waals surface area contributed by atoms with Crippen molar-refractivity contribution < 1.29 is 27.9 Å². The molecule has 0 spiro atoms. The number of halogens is 2. The number of aryl methyl sites for hydroxylation is 1. The summed E-state index contributed by atoms with van der Waals surface area (Å²) >= 11 is 0. The second kappa shape index (κ2) is 9.69. The lowest BCUT2D eigenvalue weighted by Gasteiger charge is -2.26. The molecule has 7 heteroatoms. The molecule has 1 aliphatic carbocycles. The van der Waals surface area contributed by atoms with Crippen LogP contribution < -0.4 is 19.7 Å². The maximum atomic E-state index is 12.6. The van der Waals surface area contributed by atoms with Gasteiger partial charge in [0.15, 0.2) is 18.0 Å². The molecule has 29 heavy (non-hydrogen) atoms. The molecule has 0 fully saturated rings. The van der Waals surface area contributed by atoms with Gasteiger partial charge in [0.1, 0.15) is 6.54 Å². The number of rotatable bonds is 8. The highest BCUT2D eigenvalue weighted by Crippen LogP contribution is 2.30. The third-order valence-corrected chi connectivity index (χ3v) is 5.12. The van der Waals surface area contributed by atoms with Crippen molar-refractivity contribution in [1.82, 2.24) is 5.32 Å². The smallest absolute Gasteiger partial charge is 0.387 e. The summed E-state index contributed by atoms with van der Waals surface area (Å²) in [6.07, 6.45) is 3.07. The highest BCUT2D eigenvalue weighted by atomic mass is 19.3. The van der Waals surface area contributed by atoms with Crippen LogP contribution in [0.2, 0.25) is 0 Å². The second-order valence-corrected chi connectivity index (χ2v) is 7.39. The second-order valence-electron chi connectivity index (χ2n) is 7.39. The molecule has 2 aromatic carbocycles. The first-order valence-electron chi connectivity index (χ1n) is 9.76. The molecule has 2 aromatic rings. The molecule has 1 unspecified atom stereocenters. The monoisotopic (exact) mass is 405 g/mol. The summed E-state index contributed by atoms with van der Waals surface area (Å²) in [6, 6.07) is 13.2. The molecule has 1 amide bonds. The van der Waals surface area contributed by atoms with E-state index in [2.05, 4.69) is 22.2 Å². The molecule has 0 bridgehead atoms. The number of alkyl halides is 2. The Kier molecular flexibility index (Phi) is 7.04. The van der Waals surface area contributed by atoms with Crippen LogP contribution in [0.15, 0.2) is 42.5 Å². The summed E-state index contributed by atoms with van der Waals surface area (Å²) in [5.74, 6) is 0.241. The number of carbonyl (C=O) groups excluding carboxylic acids is 1. The van der Waals surface area contributed by atoms with Gasteiger partial charge in [0.25, 0.3) is 5.91 Å². The first-order chi connectivity index (χ1) is 14.0. The van der Waals surface area contributed by atoms with Crippen LogP contribution >= 0.6 is 0 Å². The first-order valence-corrected chi connectivity index (χ1v) is 9.76. The number of ether oxygens (including phenoxy) is 2. The number of hydrogen-bond donors (Lipinski definition) is 2. The minimum absolute atomic E-state index is 0.00221. The predicted molar refractivity (Wildman–Crippen MR) is 105 cm³/mol. The lowest BCUT2D eigenvalue weighted by atomic mass is 9.88. The number of quaternary nitrogens is 1. The Balaban J connectivity index is 1.57. The Morgan fingerprint density at radius 2 is 2.03 bits per heavy atom. The van der Waals surface area contributed by atoms with Crippen molar-refractivity contribution in [2.45, 2.75) is 38.5 Å². The number of methoxy groups -OCH3 is 1. The van der Waals surface area contributed by atoms with Crippen LogP contribution in [0.25, 0.3) is 0 Å². The number of hydrogen-bond acceptors (Lipinski definition) is 3. The Bertz CT molecular complexity index is 845.